The van der Waals surface area contributed by atoms with Crippen LogP contribution in [0.3, 0.4) is 0 Å². The van der Waals surface area contributed by atoms with Crippen molar-refractivity contribution in [1.82, 2.24) is 5.43 Å². The lowest BCUT2D eigenvalue weighted by Crippen LogP contribution is -2.24. The number of methoxy groups -OCH3 is 1. The number of urea groups is 1. The van der Waals surface area contributed by atoms with Crippen LogP contribution in [0.25, 0.3) is 0 Å². The Bertz CT molecular complexity index is 778. The van der Waals surface area contributed by atoms with Crippen molar-refractivity contribution in [2.45, 2.75) is 13.8 Å². The van der Waals surface area contributed by atoms with Crippen molar-refractivity contribution in [2.75, 3.05) is 19.0 Å². The molecule has 0 spiro atoms. The number of carbonyl (C=O) groups is 1. The maximum atomic E-state index is 11.9. The number of ether oxygens (including phenoxy) is 2. The molecule has 0 heterocycles. The number of hydrazone groups is 1. The maximum absolute atomic E-state index is 11.9. The van der Waals surface area contributed by atoms with E-state index in [2.05, 4.69) is 38.4 Å². The molecule has 0 fully saturated rings. The zero-order valence-electron chi connectivity index (χ0n) is 14.3. The molecule has 2 N–H and O–H groups in total. The van der Waals surface area contributed by atoms with Crippen molar-refractivity contribution in [3.8, 4) is 11.5 Å². The Morgan fingerprint density at radius 2 is 2.08 bits per heavy atom. The summed E-state index contributed by atoms with van der Waals surface area (Å²) in [6.07, 6.45) is 1.55. The summed E-state index contributed by atoms with van der Waals surface area (Å²) in [4.78, 5) is 11.9. The van der Waals surface area contributed by atoms with Gasteiger partial charge in [-0.3, -0.25) is 0 Å². The number of rotatable bonds is 6. The number of para-hydroxylation sites is 1. The van der Waals surface area contributed by atoms with E-state index in [0.29, 0.717) is 18.1 Å². The van der Waals surface area contributed by atoms with Gasteiger partial charge in [0.15, 0.2) is 11.5 Å². The highest BCUT2D eigenvalue weighted by Gasteiger charge is 2.10. The standard InChI is InChI=1S/C18H20IN3O3/c1-4-25-17-14(19)9-13(10-16(17)24-3)11-20-22-18(23)21-15-8-6-5-7-12(15)2/h5-11H,4H2,1-3H3,(H2,21,22,23). The molecule has 0 saturated heterocycles. The Labute approximate surface area is 160 Å². The minimum atomic E-state index is -0.404. The minimum Gasteiger partial charge on any atom is -0.493 e. The topological polar surface area (TPSA) is 72.0 Å². The number of amides is 2. The lowest BCUT2D eigenvalue weighted by Gasteiger charge is -2.12. The van der Waals surface area contributed by atoms with Crippen molar-refractivity contribution in [1.29, 1.82) is 0 Å². The van der Waals surface area contributed by atoms with Gasteiger partial charge in [-0.25, -0.2) is 10.2 Å². The number of aryl methyl sites for hydroxylation is 1. The van der Waals surface area contributed by atoms with Crippen LogP contribution in [-0.4, -0.2) is 26.0 Å². The highest BCUT2D eigenvalue weighted by molar-refractivity contribution is 14.1. The van der Waals surface area contributed by atoms with Crippen molar-refractivity contribution >= 4 is 40.5 Å². The summed E-state index contributed by atoms with van der Waals surface area (Å²) in [5.41, 5.74) is 4.96. The van der Waals surface area contributed by atoms with Gasteiger partial charge in [-0.05, 0) is 65.8 Å². The molecule has 0 saturated carbocycles. The van der Waals surface area contributed by atoms with Crippen molar-refractivity contribution in [3.05, 3.63) is 51.1 Å². The van der Waals surface area contributed by atoms with Gasteiger partial charge in [-0.2, -0.15) is 5.10 Å². The molecule has 132 valence electrons. The van der Waals surface area contributed by atoms with E-state index in [1.807, 2.05) is 44.2 Å². The van der Waals surface area contributed by atoms with Crippen LogP contribution in [0.5, 0.6) is 11.5 Å². The van der Waals surface area contributed by atoms with Gasteiger partial charge in [0.25, 0.3) is 0 Å². The smallest absolute Gasteiger partial charge is 0.339 e. The molecule has 6 nitrogen and oxygen atoms in total. The second kappa shape index (κ2) is 9.26. The normalized spacial score (nSPS) is 10.6. The summed E-state index contributed by atoms with van der Waals surface area (Å²) in [5, 5.41) is 6.72. The van der Waals surface area contributed by atoms with Crippen LogP contribution >= 0.6 is 22.6 Å². The number of hydrogen-bond donors (Lipinski definition) is 2. The predicted octanol–water partition coefficient (Wildman–Crippen LogP) is 4.16. The average molecular weight is 453 g/mol. The number of halogens is 1. The van der Waals surface area contributed by atoms with Gasteiger partial charge in [-0.15, -0.1) is 0 Å². The van der Waals surface area contributed by atoms with E-state index < -0.39 is 6.03 Å². The van der Waals surface area contributed by atoms with Crippen LogP contribution < -0.4 is 20.2 Å². The van der Waals surface area contributed by atoms with E-state index in [1.165, 1.54) is 0 Å². The molecule has 0 atom stereocenters. The van der Waals surface area contributed by atoms with Gasteiger partial charge in [0.05, 0.1) is 23.5 Å². The third kappa shape index (κ3) is 5.35. The zero-order chi connectivity index (χ0) is 18.2. The number of hydrogen-bond acceptors (Lipinski definition) is 4. The second-order valence-corrected chi connectivity index (χ2v) is 6.27. The fraction of sp³-hybridized carbons (Fsp3) is 0.222. The Morgan fingerprint density at radius 3 is 2.76 bits per heavy atom. The molecule has 2 aromatic carbocycles. The SMILES string of the molecule is CCOc1c(I)cc(C=NNC(=O)Nc2ccccc2C)cc1OC. The molecule has 0 aliphatic heterocycles. The Morgan fingerprint density at radius 1 is 1.32 bits per heavy atom. The largest absolute Gasteiger partial charge is 0.493 e. The molecular weight excluding hydrogens is 433 g/mol. The summed E-state index contributed by atoms with van der Waals surface area (Å²) >= 11 is 2.18. The Kier molecular flexibility index (Phi) is 7.05. The Balaban J connectivity index is 2.03. The van der Waals surface area contributed by atoms with E-state index in [0.717, 1.165) is 20.4 Å². The van der Waals surface area contributed by atoms with Gasteiger partial charge in [0.1, 0.15) is 0 Å². The van der Waals surface area contributed by atoms with Gasteiger partial charge >= 0.3 is 6.03 Å². The van der Waals surface area contributed by atoms with Crippen LogP contribution in [-0.2, 0) is 0 Å². The third-order valence-corrected chi connectivity index (χ3v) is 4.11. The second-order valence-electron chi connectivity index (χ2n) is 5.11. The molecule has 0 unspecified atom stereocenters. The Hall–Kier alpha value is -2.29. The van der Waals surface area contributed by atoms with E-state index in [1.54, 1.807) is 19.4 Å². The molecule has 2 aromatic rings. The summed E-state index contributed by atoms with van der Waals surface area (Å²) in [7, 11) is 1.59. The van der Waals surface area contributed by atoms with Crippen molar-refractivity contribution in [2.24, 2.45) is 5.10 Å². The first kappa shape index (κ1) is 19.0. The predicted molar refractivity (Wildman–Crippen MR) is 108 cm³/mol. The molecule has 2 rings (SSSR count). The molecule has 7 heteroatoms. The van der Waals surface area contributed by atoms with E-state index in [9.17, 15) is 4.79 Å². The van der Waals surface area contributed by atoms with Crippen LogP contribution in [0, 0.1) is 10.5 Å². The number of nitrogens with zero attached hydrogens (tertiary/aromatic N) is 1. The summed E-state index contributed by atoms with van der Waals surface area (Å²) in [5.74, 6) is 1.33. The first-order chi connectivity index (χ1) is 12.0. The van der Waals surface area contributed by atoms with Crippen LogP contribution in [0.4, 0.5) is 10.5 Å². The lowest BCUT2D eigenvalue weighted by molar-refractivity contribution is 0.252. The molecule has 0 radical (unpaired) electrons. The summed E-state index contributed by atoms with van der Waals surface area (Å²) in [6, 6.07) is 10.8. The van der Waals surface area contributed by atoms with Crippen molar-refractivity contribution < 1.29 is 14.3 Å². The number of benzene rings is 2. The maximum Gasteiger partial charge on any atom is 0.339 e. The highest BCUT2D eigenvalue weighted by atomic mass is 127. The minimum absolute atomic E-state index is 0.404. The first-order valence-electron chi connectivity index (χ1n) is 7.71. The molecule has 0 aliphatic rings. The van der Waals surface area contributed by atoms with Crippen molar-refractivity contribution in [3.63, 3.8) is 0 Å². The van der Waals surface area contributed by atoms with Gasteiger partial charge in [0, 0.05) is 5.69 Å². The number of nitrogens with one attached hydrogen (secondary N) is 2. The van der Waals surface area contributed by atoms with Gasteiger partial charge in [-0.1, -0.05) is 18.2 Å². The lowest BCUT2D eigenvalue weighted by atomic mass is 10.2. The van der Waals surface area contributed by atoms with E-state index in [-0.39, 0.29) is 0 Å². The molecule has 0 aromatic heterocycles. The van der Waals surface area contributed by atoms with Gasteiger partial charge in [0.2, 0.25) is 0 Å². The monoisotopic (exact) mass is 453 g/mol. The molecule has 0 bridgehead atoms. The van der Waals surface area contributed by atoms with Crippen LogP contribution in [0.2, 0.25) is 0 Å². The average Bonchev–Trinajstić information content (AvgIpc) is 2.59. The highest BCUT2D eigenvalue weighted by Crippen LogP contribution is 2.33. The van der Waals surface area contributed by atoms with Crippen LogP contribution in [0.1, 0.15) is 18.1 Å². The fourth-order valence-corrected chi connectivity index (χ4v) is 2.91. The van der Waals surface area contributed by atoms with E-state index in [4.69, 9.17) is 9.47 Å². The summed E-state index contributed by atoms with van der Waals surface area (Å²) < 4.78 is 11.8. The quantitative estimate of drug-likeness (QED) is 0.392. The molecule has 2 amide bonds. The van der Waals surface area contributed by atoms with E-state index >= 15 is 0 Å². The summed E-state index contributed by atoms with van der Waals surface area (Å²) in [6.45, 7) is 4.40. The van der Waals surface area contributed by atoms with Gasteiger partial charge < -0.3 is 14.8 Å². The molecule has 25 heavy (non-hydrogen) atoms. The fourth-order valence-electron chi connectivity index (χ4n) is 2.13. The molecule has 0 aliphatic carbocycles. The first-order valence-corrected chi connectivity index (χ1v) is 8.79. The van der Waals surface area contributed by atoms with Crippen LogP contribution in [0.15, 0.2) is 41.5 Å². The number of anilines is 1. The number of carbonyl (C=O) groups excluding carboxylic acids is 1. The third-order valence-electron chi connectivity index (χ3n) is 3.31. The zero-order valence-corrected chi connectivity index (χ0v) is 16.5. The molecular formula is C18H20IN3O3.